The summed E-state index contributed by atoms with van der Waals surface area (Å²) in [5, 5.41) is 19.7. The van der Waals surface area contributed by atoms with Gasteiger partial charge in [-0.25, -0.2) is 0 Å². The Balaban J connectivity index is 2.14. The van der Waals surface area contributed by atoms with Crippen molar-refractivity contribution in [2.75, 3.05) is 5.75 Å². The summed E-state index contributed by atoms with van der Waals surface area (Å²) < 4.78 is 10.1. The van der Waals surface area contributed by atoms with Gasteiger partial charge in [0.05, 0.1) is 6.20 Å². The molecule has 0 saturated heterocycles. The minimum atomic E-state index is -0.939. The van der Waals surface area contributed by atoms with Gasteiger partial charge in [-0.15, -0.1) is 10.2 Å². The van der Waals surface area contributed by atoms with Gasteiger partial charge in [0.15, 0.2) is 0 Å². The van der Waals surface area contributed by atoms with Gasteiger partial charge in [0, 0.05) is 0 Å². The van der Waals surface area contributed by atoms with E-state index >= 15 is 0 Å². The van der Waals surface area contributed by atoms with Crippen molar-refractivity contribution >= 4 is 17.7 Å². The zero-order chi connectivity index (χ0) is 11.5. The molecule has 0 amide bonds. The highest BCUT2D eigenvalue weighted by atomic mass is 32.2. The molecule has 2 aromatic heterocycles. The van der Waals surface area contributed by atoms with Crippen LogP contribution in [0, 0.1) is 6.92 Å². The molecule has 0 spiro atoms. The molecule has 0 fully saturated rings. The highest BCUT2D eigenvalue weighted by Crippen LogP contribution is 2.24. The van der Waals surface area contributed by atoms with Gasteiger partial charge in [0.25, 0.3) is 11.1 Å². The van der Waals surface area contributed by atoms with Crippen LogP contribution in [0.5, 0.6) is 0 Å². The van der Waals surface area contributed by atoms with Gasteiger partial charge in [-0.3, -0.25) is 4.79 Å². The maximum atomic E-state index is 10.3. The van der Waals surface area contributed by atoms with Crippen molar-refractivity contribution in [2.45, 2.75) is 12.1 Å². The minimum absolute atomic E-state index is 0.121. The second kappa shape index (κ2) is 4.35. The van der Waals surface area contributed by atoms with E-state index in [1.165, 1.54) is 6.20 Å². The third kappa shape index (κ3) is 2.22. The summed E-state index contributed by atoms with van der Waals surface area (Å²) in [6.45, 7) is 1.72. The Labute approximate surface area is 93.8 Å². The number of aryl methyl sites for hydroxylation is 1. The van der Waals surface area contributed by atoms with Crippen molar-refractivity contribution in [2.24, 2.45) is 0 Å². The summed E-state index contributed by atoms with van der Waals surface area (Å²) in [7, 11) is 0. The first-order valence-corrected chi connectivity index (χ1v) is 5.25. The number of hydrogen-bond acceptors (Lipinski definition) is 7. The molecule has 0 aromatic carbocycles. The first kappa shape index (κ1) is 10.7. The van der Waals surface area contributed by atoms with Crippen molar-refractivity contribution in [3.63, 3.8) is 0 Å². The van der Waals surface area contributed by atoms with Gasteiger partial charge in [0.2, 0.25) is 0 Å². The van der Waals surface area contributed by atoms with Gasteiger partial charge in [-0.2, -0.15) is 0 Å². The molecule has 0 aliphatic rings. The molecule has 0 radical (unpaired) electrons. The number of hydrogen-bond donors (Lipinski definition) is 1. The molecule has 1 N–H and O–H groups in total. The molecule has 0 bridgehead atoms. The molecular formula is C8H7N3O4S. The third-order valence-corrected chi connectivity index (χ3v) is 2.51. The van der Waals surface area contributed by atoms with Crippen molar-refractivity contribution in [3.05, 3.63) is 12.0 Å². The lowest BCUT2D eigenvalue weighted by atomic mass is 10.3. The Kier molecular flexibility index (Phi) is 2.91. The first-order valence-electron chi connectivity index (χ1n) is 4.26. The van der Waals surface area contributed by atoms with E-state index in [1.54, 1.807) is 6.92 Å². The van der Waals surface area contributed by atoms with Crippen molar-refractivity contribution < 1.29 is 18.8 Å². The van der Waals surface area contributed by atoms with Crippen molar-refractivity contribution in [3.8, 4) is 11.5 Å². The molecule has 0 aliphatic heterocycles. The van der Waals surface area contributed by atoms with Crippen LogP contribution in [0.15, 0.2) is 20.4 Å². The lowest BCUT2D eigenvalue weighted by molar-refractivity contribution is -0.133. The number of rotatable bonds is 4. The Morgan fingerprint density at radius 3 is 3.00 bits per heavy atom. The number of carboxylic acids is 1. The topological polar surface area (TPSA) is 102 Å². The van der Waals surface area contributed by atoms with Crippen molar-refractivity contribution in [1.82, 2.24) is 15.4 Å². The maximum absolute atomic E-state index is 10.3. The zero-order valence-corrected chi connectivity index (χ0v) is 9.02. The zero-order valence-electron chi connectivity index (χ0n) is 8.21. The number of nitrogens with zero attached hydrogens (tertiary/aromatic N) is 3. The predicted molar refractivity (Wildman–Crippen MR) is 52.9 cm³/mol. The molecule has 84 valence electrons. The molecule has 0 saturated carbocycles. The number of carboxylic acid groups (broad SMARTS) is 1. The van der Waals surface area contributed by atoms with Gasteiger partial charge in [0.1, 0.15) is 17.1 Å². The minimum Gasteiger partial charge on any atom is -0.481 e. The lowest BCUT2D eigenvalue weighted by Crippen LogP contribution is -1.97. The van der Waals surface area contributed by atoms with Gasteiger partial charge in [-0.1, -0.05) is 16.9 Å². The fourth-order valence-electron chi connectivity index (χ4n) is 1.00. The van der Waals surface area contributed by atoms with E-state index in [9.17, 15) is 4.79 Å². The van der Waals surface area contributed by atoms with E-state index in [-0.39, 0.29) is 16.9 Å². The summed E-state index contributed by atoms with van der Waals surface area (Å²) >= 11 is 0.962. The molecule has 2 aromatic rings. The Hall–Kier alpha value is -1.83. The largest absolute Gasteiger partial charge is 0.481 e. The van der Waals surface area contributed by atoms with Crippen LogP contribution in [0.1, 0.15) is 5.76 Å². The maximum Gasteiger partial charge on any atom is 0.314 e. The Morgan fingerprint density at radius 1 is 1.56 bits per heavy atom. The molecular weight excluding hydrogens is 234 g/mol. The molecule has 8 heteroatoms. The van der Waals surface area contributed by atoms with Gasteiger partial charge < -0.3 is 14.0 Å². The van der Waals surface area contributed by atoms with Crippen LogP contribution in [0.3, 0.4) is 0 Å². The molecule has 0 unspecified atom stereocenters. The van der Waals surface area contributed by atoms with E-state index in [1.807, 2.05) is 0 Å². The first-order chi connectivity index (χ1) is 7.66. The van der Waals surface area contributed by atoms with Crippen LogP contribution >= 0.6 is 11.8 Å². The summed E-state index contributed by atoms with van der Waals surface area (Å²) in [6, 6.07) is 0. The fraction of sp³-hybridized carbons (Fsp3) is 0.250. The Bertz CT molecular complexity index is 507. The third-order valence-electron chi connectivity index (χ3n) is 1.71. The predicted octanol–water partition coefficient (Wildman–Crippen LogP) is 1.21. The molecule has 7 nitrogen and oxygen atoms in total. The van der Waals surface area contributed by atoms with E-state index in [4.69, 9.17) is 14.0 Å². The smallest absolute Gasteiger partial charge is 0.314 e. The summed E-state index contributed by atoms with van der Waals surface area (Å²) in [6.07, 6.45) is 1.47. The van der Waals surface area contributed by atoms with E-state index in [2.05, 4.69) is 15.4 Å². The van der Waals surface area contributed by atoms with E-state index in [0.717, 1.165) is 11.8 Å². The monoisotopic (exact) mass is 241 g/mol. The second-order valence-electron chi connectivity index (χ2n) is 2.85. The van der Waals surface area contributed by atoms with E-state index < -0.39 is 5.97 Å². The van der Waals surface area contributed by atoms with Crippen LogP contribution in [0.25, 0.3) is 11.5 Å². The highest BCUT2D eigenvalue weighted by Gasteiger charge is 2.14. The normalized spacial score (nSPS) is 10.6. The highest BCUT2D eigenvalue weighted by molar-refractivity contribution is 7.99. The van der Waals surface area contributed by atoms with Gasteiger partial charge in [-0.05, 0) is 6.92 Å². The summed E-state index contributed by atoms with van der Waals surface area (Å²) in [5.74, 6) is -0.222. The summed E-state index contributed by atoms with van der Waals surface area (Å²) in [4.78, 5) is 10.3. The molecule has 0 aliphatic carbocycles. The second-order valence-corrected chi connectivity index (χ2v) is 3.78. The van der Waals surface area contributed by atoms with Gasteiger partial charge >= 0.3 is 5.97 Å². The standard InChI is InChI=1S/C8H7N3O4S/c1-4-5(2-9-15-4)7-10-11-8(14-7)16-3-6(12)13/h2H,3H2,1H3,(H,12,13). The molecule has 2 heterocycles. The number of carbonyl (C=O) groups is 1. The Morgan fingerprint density at radius 2 is 2.38 bits per heavy atom. The average Bonchev–Trinajstić information content (AvgIpc) is 2.83. The number of aromatic nitrogens is 3. The van der Waals surface area contributed by atoms with Crippen LogP contribution in [0.4, 0.5) is 0 Å². The summed E-state index contributed by atoms with van der Waals surface area (Å²) in [5.41, 5.74) is 0.606. The SMILES string of the molecule is Cc1oncc1-c1nnc(SCC(=O)O)o1. The van der Waals surface area contributed by atoms with Crippen LogP contribution in [-0.4, -0.2) is 32.2 Å². The molecule has 2 rings (SSSR count). The lowest BCUT2D eigenvalue weighted by Gasteiger charge is -1.89. The number of thioether (sulfide) groups is 1. The fourth-order valence-corrected chi connectivity index (χ4v) is 1.49. The van der Waals surface area contributed by atoms with Crippen LogP contribution in [-0.2, 0) is 4.79 Å². The van der Waals surface area contributed by atoms with Crippen LogP contribution < -0.4 is 0 Å². The molecule has 16 heavy (non-hydrogen) atoms. The quantitative estimate of drug-likeness (QED) is 0.797. The average molecular weight is 241 g/mol. The number of aliphatic carboxylic acids is 1. The van der Waals surface area contributed by atoms with Crippen molar-refractivity contribution in [1.29, 1.82) is 0 Å². The van der Waals surface area contributed by atoms with Crippen LogP contribution in [0.2, 0.25) is 0 Å². The molecule has 0 atom stereocenters. The van der Waals surface area contributed by atoms with E-state index in [0.29, 0.717) is 11.3 Å².